The van der Waals surface area contributed by atoms with Crippen LogP contribution >= 0.6 is 0 Å². The molecule has 0 aromatic heterocycles. The van der Waals surface area contributed by atoms with Gasteiger partial charge in [0.15, 0.2) is 0 Å². The third-order valence-electron chi connectivity index (χ3n) is 3.53. The average molecular weight is 386 g/mol. The van der Waals surface area contributed by atoms with Crippen LogP contribution in [0.25, 0.3) is 6.08 Å². The number of hydrogen-bond donors (Lipinski definition) is 1. The molecule has 3 nitrogen and oxygen atoms in total. The number of benzene rings is 2. The zero-order valence-electron chi connectivity index (χ0n) is 13.8. The van der Waals surface area contributed by atoms with Gasteiger partial charge in [0.05, 0.1) is 5.56 Å². The minimum atomic E-state index is -4.31. The average Bonchev–Trinajstić information content (AvgIpc) is 2.59. The van der Waals surface area contributed by atoms with Gasteiger partial charge < -0.3 is 9.84 Å². The maximum atomic E-state index is 14.2. The molecule has 8 heteroatoms. The standard InChI is InChI=1S/C19H15F5O3/c20-18(21,22)12-11-14-1-6-15(7-2-14)19(23,24)27-16-8-3-13(4-9-16)5-10-17(25)26/h1-10H,11-12H2,(H,25,26). The summed E-state index contributed by atoms with van der Waals surface area (Å²) in [6.07, 6.45) is -7.10. The number of halogens is 5. The van der Waals surface area contributed by atoms with E-state index < -0.39 is 30.2 Å². The molecule has 1 N–H and O–H groups in total. The summed E-state index contributed by atoms with van der Waals surface area (Å²) in [4.78, 5) is 10.4. The summed E-state index contributed by atoms with van der Waals surface area (Å²) in [6, 6.07) is 9.79. The first kappa shape index (κ1) is 20.4. The van der Waals surface area contributed by atoms with Crippen molar-refractivity contribution in [3.63, 3.8) is 0 Å². The lowest BCUT2D eigenvalue weighted by Gasteiger charge is -2.18. The van der Waals surface area contributed by atoms with E-state index in [2.05, 4.69) is 4.74 Å². The van der Waals surface area contributed by atoms with E-state index in [4.69, 9.17) is 5.11 Å². The molecule has 0 radical (unpaired) electrons. The van der Waals surface area contributed by atoms with Crippen molar-refractivity contribution in [2.24, 2.45) is 0 Å². The Bertz CT molecular complexity index is 794. The van der Waals surface area contributed by atoms with Gasteiger partial charge in [0.25, 0.3) is 0 Å². The molecule has 144 valence electrons. The number of ether oxygens (including phenoxy) is 1. The maximum Gasteiger partial charge on any atom is 0.426 e. The molecular weight excluding hydrogens is 371 g/mol. The van der Waals surface area contributed by atoms with Crippen LogP contribution in [0.4, 0.5) is 22.0 Å². The second kappa shape index (κ2) is 8.20. The van der Waals surface area contributed by atoms with Crippen LogP contribution in [0.1, 0.15) is 23.1 Å². The van der Waals surface area contributed by atoms with Crippen LogP contribution in [-0.2, 0) is 17.3 Å². The number of carbonyl (C=O) groups is 1. The monoisotopic (exact) mass is 386 g/mol. The van der Waals surface area contributed by atoms with Gasteiger partial charge in [0.2, 0.25) is 0 Å². The Morgan fingerprint density at radius 3 is 2.07 bits per heavy atom. The molecule has 0 heterocycles. The Kier molecular flexibility index (Phi) is 6.20. The number of carboxylic acids is 1. The molecule has 0 bridgehead atoms. The molecule has 0 atom stereocenters. The van der Waals surface area contributed by atoms with Crippen LogP contribution in [0.3, 0.4) is 0 Å². The molecule has 2 aromatic rings. The molecular formula is C19H15F5O3. The number of hydrogen-bond acceptors (Lipinski definition) is 2. The van der Waals surface area contributed by atoms with Gasteiger partial charge in [-0.3, -0.25) is 0 Å². The zero-order valence-corrected chi connectivity index (χ0v) is 13.8. The van der Waals surface area contributed by atoms with Crippen LogP contribution in [0.2, 0.25) is 0 Å². The van der Waals surface area contributed by atoms with Crippen LogP contribution in [0, 0.1) is 0 Å². The highest BCUT2D eigenvalue weighted by Gasteiger charge is 2.34. The minimum absolute atomic E-state index is 0.145. The second-order valence-corrected chi connectivity index (χ2v) is 5.67. The Morgan fingerprint density at radius 2 is 1.56 bits per heavy atom. The summed E-state index contributed by atoms with van der Waals surface area (Å²) in [7, 11) is 0. The SMILES string of the molecule is O=C(O)C=Cc1ccc(OC(F)(F)c2ccc(CCC(F)(F)F)cc2)cc1. The van der Waals surface area contributed by atoms with Gasteiger partial charge in [-0.15, -0.1) is 0 Å². The lowest BCUT2D eigenvalue weighted by molar-refractivity contribution is -0.185. The van der Waals surface area contributed by atoms with Crippen molar-refractivity contribution in [3.05, 3.63) is 71.3 Å². The van der Waals surface area contributed by atoms with Crippen molar-refractivity contribution in [3.8, 4) is 5.75 Å². The molecule has 0 aliphatic carbocycles. The second-order valence-electron chi connectivity index (χ2n) is 5.67. The smallest absolute Gasteiger partial charge is 0.426 e. The first-order chi connectivity index (χ1) is 12.5. The molecule has 0 spiro atoms. The lowest BCUT2D eigenvalue weighted by Crippen LogP contribution is -2.21. The van der Waals surface area contributed by atoms with Crippen molar-refractivity contribution >= 4 is 12.0 Å². The quantitative estimate of drug-likeness (QED) is 0.511. The van der Waals surface area contributed by atoms with E-state index in [0.29, 0.717) is 11.1 Å². The van der Waals surface area contributed by atoms with E-state index in [0.717, 1.165) is 18.2 Å². The summed E-state index contributed by atoms with van der Waals surface area (Å²) < 4.78 is 69.7. The van der Waals surface area contributed by atoms with Crippen molar-refractivity contribution < 1.29 is 36.6 Å². The molecule has 0 saturated carbocycles. The van der Waals surface area contributed by atoms with Crippen molar-refractivity contribution in [2.75, 3.05) is 0 Å². The molecule has 0 aliphatic heterocycles. The predicted molar refractivity (Wildman–Crippen MR) is 88.5 cm³/mol. The third kappa shape index (κ3) is 6.73. The van der Waals surface area contributed by atoms with Crippen molar-refractivity contribution in [2.45, 2.75) is 25.1 Å². The number of aliphatic carboxylic acids is 1. The van der Waals surface area contributed by atoms with Gasteiger partial charge in [0.1, 0.15) is 5.75 Å². The van der Waals surface area contributed by atoms with Crippen molar-refractivity contribution in [1.29, 1.82) is 0 Å². The molecule has 2 aromatic carbocycles. The summed E-state index contributed by atoms with van der Waals surface area (Å²) in [5.74, 6) is -1.28. The highest BCUT2D eigenvalue weighted by atomic mass is 19.4. The fourth-order valence-electron chi connectivity index (χ4n) is 2.17. The van der Waals surface area contributed by atoms with Gasteiger partial charge in [-0.1, -0.05) is 24.3 Å². The molecule has 2 rings (SSSR count). The van der Waals surface area contributed by atoms with Crippen LogP contribution in [-0.4, -0.2) is 17.3 Å². The van der Waals surface area contributed by atoms with E-state index in [9.17, 15) is 26.7 Å². The van der Waals surface area contributed by atoms with Gasteiger partial charge >= 0.3 is 18.3 Å². The Morgan fingerprint density at radius 1 is 0.963 bits per heavy atom. The third-order valence-corrected chi connectivity index (χ3v) is 3.53. The number of alkyl halides is 5. The molecule has 0 aliphatic rings. The van der Waals surface area contributed by atoms with Crippen LogP contribution in [0.15, 0.2) is 54.6 Å². The normalized spacial score (nSPS) is 12.3. The van der Waals surface area contributed by atoms with Gasteiger partial charge in [0, 0.05) is 12.5 Å². The van der Waals surface area contributed by atoms with E-state index in [1.54, 1.807) is 0 Å². The molecule has 0 saturated heterocycles. The summed E-state index contributed by atoms with van der Waals surface area (Å²) >= 11 is 0. The van der Waals surface area contributed by atoms with E-state index in [1.165, 1.54) is 42.5 Å². The van der Waals surface area contributed by atoms with Gasteiger partial charge in [-0.2, -0.15) is 22.0 Å². The van der Waals surface area contributed by atoms with E-state index >= 15 is 0 Å². The summed E-state index contributed by atoms with van der Waals surface area (Å²) in [5, 5.41) is 8.53. The first-order valence-electron chi connectivity index (χ1n) is 7.79. The highest BCUT2D eigenvalue weighted by molar-refractivity contribution is 5.85. The van der Waals surface area contributed by atoms with Crippen molar-refractivity contribution in [1.82, 2.24) is 0 Å². The molecule has 27 heavy (non-hydrogen) atoms. The fourth-order valence-corrected chi connectivity index (χ4v) is 2.17. The summed E-state index contributed by atoms with van der Waals surface area (Å²) in [6.45, 7) is 0. The number of aryl methyl sites for hydroxylation is 1. The molecule has 0 unspecified atom stereocenters. The largest absolute Gasteiger partial charge is 0.478 e. The number of carboxylic acid groups (broad SMARTS) is 1. The lowest BCUT2D eigenvalue weighted by atomic mass is 10.1. The molecule has 0 amide bonds. The van der Waals surface area contributed by atoms with Gasteiger partial charge in [-0.25, -0.2) is 4.79 Å². The minimum Gasteiger partial charge on any atom is -0.478 e. The highest BCUT2D eigenvalue weighted by Crippen LogP contribution is 2.32. The Hall–Kier alpha value is -2.90. The zero-order chi connectivity index (χ0) is 20.1. The first-order valence-corrected chi connectivity index (χ1v) is 7.79. The Labute approximate surface area is 151 Å². The topological polar surface area (TPSA) is 46.5 Å². The maximum absolute atomic E-state index is 14.2. The summed E-state index contributed by atoms with van der Waals surface area (Å²) in [5.41, 5.74) is 0.289. The van der Waals surface area contributed by atoms with Crippen LogP contribution < -0.4 is 4.74 Å². The number of rotatable bonds is 7. The van der Waals surface area contributed by atoms with E-state index in [1.807, 2.05) is 0 Å². The van der Waals surface area contributed by atoms with E-state index in [-0.39, 0.29) is 12.2 Å². The molecule has 0 fully saturated rings. The Balaban J connectivity index is 2.04. The predicted octanol–water partition coefficient (Wildman–Crippen LogP) is 5.41. The van der Waals surface area contributed by atoms with Gasteiger partial charge in [-0.05, 0) is 47.9 Å². The van der Waals surface area contributed by atoms with Crippen LogP contribution in [0.5, 0.6) is 5.75 Å². The fraction of sp³-hybridized carbons (Fsp3) is 0.211.